The highest BCUT2D eigenvalue weighted by Gasteiger charge is 2.13. The quantitative estimate of drug-likeness (QED) is 0.538. The second-order valence-electron chi connectivity index (χ2n) is 5.55. The van der Waals surface area contributed by atoms with Crippen LogP contribution in [0.15, 0.2) is 58.1 Å². The molecule has 4 aromatic rings. The highest BCUT2D eigenvalue weighted by molar-refractivity contribution is 7.98. The number of nitrogens with zero attached hydrogens (tertiary/aromatic N) is 6. The van der Waals surface area contributed by atoms with E-state index in [9.17, 15) is 5.11 Å². The molecule has 0 unspecified atom stereocenters. The minimum absolute atomic E-state index is 0.186. The number of aromatic nitrogens is 6. The molecule has 130 valence electrons. The van der Waals surface area contributed by atoms with Gasteiger partial charge in [0, 0.05) is 5.56 Å². The number of hydrogen-bond acceptors (Lipinski definition) is 8. The Labute approximate surface area is 152 Å². The molecule has 0 saturated heterocycles. The summed E-state index contributed by atoms with van der Waals surface area (Å²) in [6.45, 7) is 2.01. The van der Waals surface area contributed by atoms with Crippen LogP contribution in [0.4, 0.5) is 0 Å². The second kappa shape index (κ2) is 6.96. The molecular formula is C17H14N6O2S. The molecule has 0 aliphatic rings. The second-order valence-corrected chi connectivity index (χ2v) is 6.49. The highest BCUT2D eigenvalue weighted by atomic mass is 32.2. The Kier molecular flexibility index (Phi) is 4.36. The first-order valence-corrected chi connectivity index (χ1v) is 8.77. The summed E-state index contributed by atoms with van der Waals surface area (Å²) >= 11 is 1.39. The lowest BCUT2D eigenvalue weighted by atomic mass is 10.1. The Hall–Kier alpha value is -3.20. The zero-order valence-electron chi connectivity index (χ0n) is 13.8. The maximum absolute atomic E-state index is 9.40. The predicted molar refractivity (Wildman–Crippen MR) is 94.9 cm³/mol. The van der Waals surface area contributed by atoms with E-state index < -0.39 is 0 Å². The Bertz CT molecular complexity index is 1030. The molecule has 4 rings (SSSR count). The van der Waals surface area contributed by atoms with E-state index in [-0.39, 0.29) is 5.75 Å². The Balaban J connectivity index is 1.49. The molecule has 1 N–H and O–H groups in total. The van der Waals surface area contributed by atoms with Crippen LogP contribution in [-0.2, 0) is 5.75 Å². The summed E-state index contributed by atoms with van der Waals surface area (Å²) in [6, 6.07) is 14.5. The minimum atomic E-state index is 0.186. The molecule has 0 saturated carbocycles. The van der Waals surface area contributed by atoms with Crippen LogP contribution in [-0.4, -0.2) is 35.5 Å². The van der Waals surface area contributed by atoms with Crippen LogP contribution in [0.3, 0.4) is 0 Å². The summed E-state index contributed by atoms with van der Waals surface area (Å²) in [5, 5.41) is 29.9. The topological polar surface area (TPSA) is 103 Å². The highest BCUT2D eigenvalue weighted by Crippen LogP contribution is 2.25. The predicted octanol–water partition coefficient (Wildman–Crippen LogP) is 3.02. The number of rotatable bonds is 5. The van der Waals surface area contributed by atoms with Crippen molar-refractivity contribution in [3.63, 3.8) is 0 Å². The zero-order valence-corrected chi connectivity index (χ0v) is 14.6. The Morgan fingerprint density at radius 1 is 1.08 bits per heavy atom. The number of thioether (sulfide) groups is 1. The molecule has 0 spiro atoms. The van der Waals surface area contributed by atoms with Gasteiger partial charge in [0.1, 0.15) is 5.75 Å². The molecule has 0 atom stereocenters. The fourth-order valence-corrected chi connectivity index (χ4v) is 3.09. The average molecular weight is 366 g/mol. The van der Waals surface area contributed by atoms with Crippen molar-refractivity contribution in [2.24, 2.45) is 0 Å². The van der Waals surface area contributed by atoms with Gasteiger partial charge in [-0.05, 0) is 53.7 Å². The van der Waals surface area contributed by atoms with Crippen molar-refractivity contribution < 1.29 is 9.52 Å². The third-order valence-corrected chi connectivity index (χ3v) is 4.50. The summed E-state index contributed by atoms with van der Waals surface area (Å²) in [6.07, 6.45) is 0. The molecule has 0 amide bonds. The summed E-state index contributed by atoms with van der Waals surface area (Å²) in [7, 11) is 0. The van der Waals surface area contributed by atoms with Gasteiger partial charge < -0.3 is 9.52 Å². The van der Waals surface area contributed by atoms with Crippen molar-refractivity contribution in [2.45, 2.75) is 17.8 Å². The first-order chi connectivity index (χ1) is 12.7. The van der Waals surface area contributed by atoms with Crippen LogP contribution in [0.2, 0.25) is 0 Å². The normalized spacial score (nSPS) is 11.0. The lowest BCUT2D eigenvalue weighted by Gasteiger charge is -2.03. The lowest BCUT2D eigenvalue weighted by molar-refractivity contribution is 0.475. The van der Waals surface area contributed by atoms with Crippen LogP contribution in [0.5, 0.6) is 5.75 Å². The van der Waals surface area contributed by atoms with E-state index in [0.29, 0.717) is 22.7 Å². The van der Waals surface area contributed by atoms with E-state index in [2.05, 4.69) is 25.7 Å². The van der Waals surface area contributed by atoms with Gasteiger partial charge in [-0.1, -0.05) is 29.5 Å². The van der Waals surface area contributed by atoms with E-state index in [1.54, 1.807) is 28.9 Å². The smallest absolute Gasteiger partial charge is 0.247 e. The standard InChI is InChI=1S/C17H14N6O2S/c1-11-3-2-4-12(9-11)16-19-18-15(25-16)10-26-17-20-21-22-23(17)13-5-7-14(24)8-6-13/h2-9,24H,10H2,1H3. The fourth-order valence-electron chi connectivity index (χ4n) is 2.36. The minimum Gasteiger partial charge on any atom is -0.508 e. The maximum atomic E-state index is 9.40. The van der Waals surface area contributed by atoms with Crippen LogP contribution < -0.4 is 0 Å². The van der Waals surface area contributed by atoms with Gasteiger partial charge in [0.15, 0.2) is 0 Å². The third-order valence-electron chi connectivity index (χ3n) is 3.59. The molecule has 2 aromatic heterocycles. The summed E-state index contributed by atoms with van der Waals surface area (Å²) in [5.41, 5.74) is 2.77. The zero-order chi connectivity index (χ0) is 17.9. The van der Waals surface area contributed by atoms with Crippen molar-refractivity contribution in [3.8, 4) is 22.9 Å². The molecule has 2 aromatic carbocycles. The van der Waals surface area contributed by atoms with Gasteiger partial charge in [-0.15, -0.1) is 15.3 Å². The molecule has 8 nitrogen and oxygen atoms in total. The van der Waals surface area contributed by atoms with Crippen LogP contribution in [0, 0.1) is 6.92 Å². The molecule has 9 heteroatoms. The number of phenols is 1. The van der Waals surface area contributed by atoms with Crippen LogP contribution >= 0.6 is 11.8 Å². The molecular weight excluding hydrogens is 352 g/mol. The maximum Gasteiger partial charge on any atom is 0.247 e. The molecule has 0 bridgehead atoms. The molecule has 2 heterocycles. The average Bonchev–Trinajstić information content (AvgIpc) is 3.30. The van der Waals surface area contributed by atoms with Gasteiger partial charge >= 0.3 is 0 Å². The van der Waals surface area contributed by atoms with E-state index in [0.717, 1.165) is 16.8 Å². The number of phenolic OH excluding ortho intramolecular Hbond substituents is 1. The first kappa shape index (κ1) is 16.3. The van der Waals surface area contributed by atoms with E-state index >= 15 is 0 Å². The van der Waals surface area contributed by atoms with Gasteiger partial charge in [-0.2, -0.15) is 4.68 Å². The Morgan fingerprint density at radius 2 is 1.92 bits per heavy atom. The fraction of sp³-hybridized carbons (Fsp3) is 0.118. The number of aryl methyl sites for hydroxylation is 1. The molecule has 0 aliphatic heterocycles. The monoisotopic (exact) mass is 366 g/mol. The lowest BCUT2D eigenvalue weighted by Crippen LogP contribution is -1.98. The van der Waals surface area contributed by atoms with Gasteiger partial charge in [0.05, 0.1) is 11.4 Å². The van der Waals surface area contributed by atoms with Crippen molar-refractivity contribution in [1.82, 2.24) is 30.4 Å². The van der Waals surface area contributed by atoms with E-state index in [4.69, 9.17) is 4.42 Å². The number of aromatic hydroxyl groups is 1. The summed E-state index contributed by atoms with van der Waals surface area (Å²) in [4.78, 5) is 0. The van der Waals surface area contributed by atoms with Crippen molar-refractivity contribution in [3.05, 3.63) is 60.0 Å². The van der Waals surface area contributed by atoms with Gasteiger partial charge in [0.2, 0.25) is 16.9 Å². The largest absolute Gasteiger partial charge is 0.508 e. The van der Waals surface area contributed by atoms with E-state index in [1.165, 1.54) is 11.8 Å². The summed E-state index contributed by atoms with van der Waals surface area (Å²) in [5.74, 6) is 1.61. The summed E-state index contributed by atoms with van der Waals surface area (Å²) < 4.78 is 7.32. The van der Waals surface area contributed by atoms with Crippen molar-refractivity contribution >= 4 is 11.8 Å². The number of benzene rings is 2. The molecule has 0 radical (unpaired) electrons. The SMILES string of the molecule is Cc1cccc(-c2nnc(CSc3nnnn3-c3ccc(O)cc3)o2)c1. The first-order valence-electron chi connectivity index (χ1n) is 7.79. The number of tetrazole rings is 1. The Morgan fingerprint density at radius 3 is 2.73 bits per heavy atom. The molecule has 0 aliphatic carbocycles. The third kappa shape index (κ3) is 3.42. The van der Waals surface area contributed by atoms with Gasteiger partial charge in [-0.25, -0.2) is 0 Å². The molecule has 26 heavy (non-hydrogen) atoms. The van der Waals surface area contributed by atoms with Gasteiger partial charge in [-0.3, -0.25) is 0 Å². The van der Waals surface area contributed by atoms with Crippen molar-refractivity contribution in [2.75, 3.05) is 0 Å². The van der Waals surface area contributed by atoms with Crippen LogP contribution in [0.1, 0.15) is 11.5 Å². The van der Waals surface area contributed by atoms with Gasteiger partial charge in [0.25, 0.3) is 0 Å². The van der Waals surface area contributed by atoms with Crippen LogP contribution in [0.25, 0.3) is 17.1 Å². The van der Waals surface area contributed by atoms with Crippen molar-refractivity contribution in [1.29, 1.82) is 0 Å². The molecule has 0 fully saturated rings. The van der Waals surface area contributed by atoms with E-state index in [1.807, 2.05) is 31.2 Å². The number of hydrogen-bond donors (Lipinski definition) is 1.